The second-order valence-corrected chi connectivity index (χ2v) is 8.55. The minimum absolute atomic E-state index is 0.120. The van der Waals surface area contributed by atoms with Crippen LogP contribution in [0.3, 0.4) is 0 Å². The van der Waals surface area contributed by atoms with Gasteiger partial charge >= 0.3 is 0 Å². The first-order chi connectivity index (χ1) is 16.3. The monoisotopic (exact) mass is 467 g/mol. The van der Waals surface area contributed by atoms with Crippen LogP contribution in [0.15, 0.2) is 42.9 Å². The van der Waals surface area contributed by atoms with Crippen LogP contribution >= 0.6 is 0 Å². The molecular weight excluding hydrogens is 443 g/mol. The summed E-state index contributed by atoms with van der Waals surface area (Å²) in [4.78, 5) is 14.1. The van der Waals surface area contributed by atoms with E-state index in [2.05, 4.69) is 10.4 Å². The van der Waals surface area contributed by atoms with Gasteiger partial charge in [-0.1, -0.05) is 0 Å². The Balaban J connectivity index is 1.69. The molecular formula is C25H24F3N5O. The normalized spacial score (nSPS) is 13.6. The first-order valence-corrected chi connectivity index (χ1v) is 11.0. The number of alkyl halides is 2. The molecule has 0 aliphatic carbocycles. The highest BCUT2D eigenvalue weighted by molar-refractivity contribution is 6.08. The Morgan fingerprint density at radius 3 is 2.62 bits per heavy atom. The lowest BCUT2D eigenvalue weighted by Gasteiger charge is -2.33. The summed E-state index contributed by atoms with van der Waals surface area (Å²) in [5.41, 5.74) is 3.44. The van der Waals surface area contributed by atoms with Gasteiger partial charge in [0.25, 0.3) is 12.3 Å². The van der Waals surface area contributed by atoms with E-state index in [1.807, 2.05) is 0 Å². The van der Waals surface area contributed by atoms with Crippen molar-refractivity contribution >= 4 is 28.2 Å². The minimum Gasteiger partial charge on any atom is -0.355 e. The molecule has 0 saturated heterocycles. The number of nitrogens with one attached hydrogen (secondary N) is 1. The molecule has 4 aromatic rings. The molecule has 0 bridgehead atoms. The largest absolute Gasteiger partial charge is 0.355 e. The predicted octanol–water partition coefficient (Wildman–Crippen LogP) is 5.10. The van der Waals surface area contributed by atoms with Crippen molar-refractivity contribution < 1.29 is 18.0 Å². The van der Waals surface area contributed by atoms with Gasteiger partial charge < -0.3 is 14.8 Å². The van der Waals surface area contributed by atoms with Gasteiger partial charge in [0.05, 0.1) is 28.4 Å². The lowest BCUT2D eigenvalue weighted by atomic mass is 9.92. The van der Waals surface area contributed by atoms with Crippen LogP contribution in [0.4, 0.5) is 24.5 Å². The number of hydrogen-bond acceptors (Lipinski definition) is 3. The van der Waals surface area contributed by atoms with Crippen LogP contribution in [-0.4, -0.2) is 33.8 Å². The zero-order chi connectivity index (χ0) is 24.1. The Kier molecular flexibility index (Phi) is 5.34. The van der Waals surface area contributed by atoms with Crippen molar-refractivity contribution in [3.8, 4) is 11.1 Å². The quantitative estimate of drug-likeness (QED) is 0.454. The summed E-state index contributed by atoms with van der Waals surface area (Å²) in [6, 6.07) is 6.65. The summed E-state index contributed by atoms with van der Waals surface area (Å²) < 4.78 is 47.5. The van der Waals surface area contributed by atoms with Crippen LogP contribution in [-0.2, 0) is 20.5 Å². The molecule has 2 aromatic heterocycles. The number of aryl methyl sites for hydroxylation is 3. The number of anilines is 2. The molecule has 9 heteroatoms. The number of carbonyl (C=O) groups is 1. The summed E-state index contributed by atoms with van der Waals surface area (Å²) in [6.45, 7) is 0.479. The number of carbonyl (C=O) groups excluding carboxylic acids is 1. The first kappa shape index (κ1) is 22.1. The van der Waals surface area contributed by atoms with Gasteiger partial charge in [0.1, 0.15) is 0 Å². The molecule has 1 aliphatic heterocycles. The molecule has 0 radical (unpaired) electrons. The Labute approximate surface area is 194 Å². The molecule has 0 fully saturated rings. The van der Waals surface area contributed by atoms with Gasteiger partial charge in [0.15, 0.2) is 5.82 Å². The molecule has 1 amide bonds. The van der Waals surface area contributed by atoms with E-state index < -0.39 is 12.2 Å². The van der Waals surface area contributed by atoms with E-state index in [-0.39, 0.29) is 28.1 Å². The maximum absolute atomic E-state index is 15.9. The zero-order valence-corrected chi connectivity index (χ0v) is 19.1. The number of aromatic nitrogens is 3. The van der Waals surface area contributed by atoms with Gasteiger partial charge in [0.2, 0.25) is 0 Å². The van der Waals surface area contributed by atoms with E-state index in [4.69, 9.17) is 0 Å². The summed E-state index contributed by atoms with van der Waals surface area (Å²) in [5, 5.41) is 6.88. The highest BCUT2D eigenvalue weighted by atomic mass is 19.3. The van der Waals surface area contributed by atoms with Gasteiger partial charge in [-0.25, -0.2) is 13.2 Å². The summed E-state index contributed by atoms with van der Waals surface area (Å²) >= 11 is 0. The number of nitrogens with zero attached hydrogens (tertiary/aromatic N) is 4. The number of hydrogen-bond donors (Lipinski definition) is 1. The van der Waals surface area contributed by atoms with Gasteiger partial charge in [-0.3, -0.25) is 9.48 Å². The molecule has 5 rings (SSSR count). The minimum atomic E-state index is -2.70. The molecule has 1 aliphatic rings. The van der Waals surface area contributed by atoms with Gasteiger partial charge in [-0.2, -0.15) is 5.10 Å². The Bertz CT molecular complexity index is 1420. The summed E-state index contributed by atoms with van der Waals surface area (Å²) in [6.07, 6.45) is 3.60. The second-order valence-electron chi connectivity index (χ2n) is 8.55. The van der Waals surface area contributed by atoms with Crippen LogP contribution in [0.5, 0.6) is 0 Å². The number of benzene rings is 2. The zero-order valence-electron chi connectivity index (χ0n) is 19.1. The van der Waals surface area contributed by atoms with Crippen LogP contribution in [0.25, 0.3) is 22.0 Å². The summed E-state index contributed by atoms with van der Waals surface area (Å²) in [7, 11) is 4.98. The molecule has 1 N–H and O–H groups in total. The van der Waals surface area contributed by atoms with Crippen molar-refractivity contribution in [3.05, 3.63) is 65.4 Å². The third-order valence-corrected chi connectivity index (χ3v) is 6.45. The molecule has 0 atom stereocenters. The van der Waals surface area contributed by atoms with E-state index in [9.17, 15) is 13.6 Å². The lowest BCUT2D eigenvalue weighted by molar-refractivity contribution is 0.0964. The van der Waals surface area contributed by atoms with E-state index in [1.54, 1.807) is 65.0 Å². The van der Waals surface area contributed by atoms with Crippen LogP contribution in [0, 0.1) is 5.82 Å². The standard InChI is InChI=1S/C25H24F3N5O/c1-29-25(34)18-13-31(2)19-6-7-20(23(26)22(18)19)33-8-4-5-14-9-16(15-11-30-32(3)12-15)17(24(27)28)10-21(14)33/h6-7,9-13,24H,4-5,8H2,1-3H3,(H,29,34). The highest BCUT2D eigenvalue weighted by Gasteiger charge is 2.28. The molecule has 0 unspecified atom stereocenters. The fourth-order valence-electron chi connectivity index (χ4n) is 4.84. The molecule has 176 valence electrons. The smallest absolute Gasteiger partial charge is 0.264 e. The topological polar surface area (TPSA) is 55.1 Å². The lowest BCUT2D eigenvalue weighted by Crippen LogP contribution is -2.26. The number of rotatable bonds is 4. The Morgan fingerprint density at radius 2 is 1.94 bits per heavy atom. The maximum Gasteiger partial charge on any atom is 0.264 e. The fourth-order valence-corrected chi connectivity index (χ4v) is 4.84. The second kappa shape index (κ2) is 8.23. The Hall–Kier alpha value is -3.75. The van der Waals surface area contributed by atoms with E-state index in [0.29, 0.717) is 35.3 Å². The van der Waals surface area contributed by atoms with Gasteiger partial charge in [-0.05, 0) is 48.2 Å². The molecule has 34 heavy (non-hydrogen) atoms. The number of amides is 1. The van der Waals surface area contributed by atoms with E-state index in [1.165, 1.54) is 13.1 Å². The summed E-state index contributed by atoms with van der Waals surface area (Å²) in [5.74, 6) is -0.929. The van der Waals surface area contributed by atoms with Crippen LogP contribution < -0.4 is 10.2 Å². The predicted molar refractivity (Wildman–Crippen MR) is 125 cm³/mol. The third kappa shape index (κ3) is 3.43. The molecule has 0 saturated carbocycles. The van der Waals surface area contributed by atoms with Gasteiger partial charge in [0, 0.05) is 56.9 Å². The Morgan fingerprint density at radius 1 is 1.15 bits per heavy atom. The molecule has 0 spiro atoms. The van der Waals surface area contributed by atoms with E-state index >= 15 is 4.39 Å². The third-order valence-electron chi connectivity index (χ3n) is 6.45. The van der Waals surface area contributed by atoms with E-state index in [0.717, 1.165) is 12.0 Å². The SMILES string of the molecule is CNC(=O)c1cn(C)c2ccc(N3CCCc4cc(-c5cnn(C)c5)c(C(F)F)cc43)c(F)c12. The average molecular weight is 467 g/mol. The fraction of sp³-hybridized carbons (Fsp3) is 0.280. The molecule has 3 heterocycles. The number of halogens is 3. The molecule has 2 aromatic carbocycles. The van der Waals surface area contributed by atoms with Crippen LogP contribution in [0.1, 0.15) is 34.3 Å². The maximum atomic E-state index is 15.9. The average Bonchev–Trinajstić information content (AvgIpc) is 3.41. The van der Waals surface area contributed by atoms with Crippen LogP contribution in [0.2, 0.25) is 0 Å². The molecule has 6 nitrogen and oxygen atoms in total. The van der Waals surface area contributed by atoms with Crippen molar-refractivity contribution in [2.45, 2.75) is 19.3 Å². The first-order valence-electron chi connectivity index (χ1n) is 11.0. The van der Waals surface area contributed by atoms with Crippen molar-refractivity contribution in [3.63, 3.8) is 0 Å². The highest BCUT2D eigenvalue weighted by Crippen LogP contribution is 2.43. The van der Waals surface area contributed by atoms with Crippen molar-refractivity contribution in [2.75, 3.05) is 18.5 Å². The van der Waals surface area contributed by atoms with Crippen molar-refractivity contribution in [2.24, 2.45) is 14.1 Å². The van der Waals surface area contributed by atoms with Gasteiger partial charge in [-0.15, -0.1) is 0 Å². The van der Waals surface area contributed by atoms with Crippen molar-refractivity contribution in [1.29, 1.82) is 0 Å². The number of fused-ring (bicyclic) bond motifs is 2. The van der Waals surface area contributed by atoms with Crippen molar-refractivity contribution in [1.82, 2.24) is 19.7 Å².